The van der Waals surface area contributed by atoms with Crippen LogP contribution in [0.5, 0.6) is 5.75 Å². The molecule has 0 bridgehead atoms. The Labute approximate surface area is 236 Å². The van der Waals surface area contributed by atoms with Crippen LogP contribution in [-0.4, -0.2) is 67.2 Å². The highest BCUT2D eigenvalue weighted by molar-refractivity contribution is 5.89. The van der Waals surface area contributed by atoms with Crippen molar-refractivity contribution >= 4 is 29.8 Å². The standard InChI is InChI=1S/C29H32O12/c1-16-13-22(28(34)36-14-21-9-7-6-8-10-21)11-12-23(16)40-29-27(39-20(5)33)26(38-19(4)32)25(37-18(3)31)24(41-29)15-35-17(2)30/h6-13,24-27,29H,14-15H2,1-5H3/t24-,25+,26+,27-,29?/m1/s1. The van der Waals surface area contributed by atoms with Crippen LogP contribution < -0.4 is 4.74 Å². The van der Waals surface area contributed by atoms with E-state index in [9.17, 15) is 24.0 Å². The smallest absolute Gasteiger partial charge is 0.338 e. The second-order valence-corrected chi connectivity index (χ2v) is 9.23. The van der Waals surface area contributed by atoms with E-state index in [2.05, 4.69) is 0 Å². The summed E-state index contributed by atoms with van der Waals surface area (Å²) in [6, 6.07) is 13.8. The Balaban J connectivity index is 1.87. The minimum Gasteiger partial charge on any atom is -0.463 e. The molecule has 12 heteroatoms. The number of rotatable bonds is 10. The van der Waals surface area contributed by atoms with Gasteiger partial charge in [-0.2, -0.15) is 0 Å². The minimum atomic E-state index is -1.40. The van der Waals surface area contributed by atoms with Gasteiger partial charge in [0.2, 0.25) is 12.4 Å². The Morgan fingerprint density at radius 3 is 1.93 bits per heavy atom. The highest BCUT2D eigenvalue weighted by atomic mass is 16.7. The molecule has 220 valence electrons. The Morgan fingerprint density at radius 1 is 0.732 bits per heavy atom. The second kappa shape index (κ2) is 14.3. The number of esters is 5. The van der Waals surface area contributed by atoms with E-state index in [1.807, 2.05) is 30.3 Å². The molecule has 1 heterocycles. The first-order valence-corrected chi connectivity index (χ1v) is 12.7. The van der Waals surface area contributed by atoms with Gasteiger partial charge in [-0.1, -0.05) is 30.3 Å². The van der Waals surface area contributed by atoms with Crippen LogP contribution in [0.2, 0.25) is 0 Å². The van der Waals surface area contributed by atoms with Crippen LogP contribution in [-0.2, 0) is 54.2 Å². The molecule has 0 N–H and O–H groups in total. The second-order valence-electron chi connectivity index (χ2n) is 9.23. The molecule has 12 nitrogen and oxygen atoms in total. The van der Waals surface area contributed by atoms with Gasteiger partial charge in [0.05, 0.1) is 5.56 Å². The molecule has 0 aromatic heterocycles. The van der Waals surface area contributed by atoms with Gasteiger partial charge in [-0.05, 0) is 36.2 Å². The maximum Gasteiger partial charge on any atom is 0.338 e. The van der Waals surface area contributed by atoms with Crippen molar-refractivity contribution in [3.63, 3.8) is 0 Å². The summed E-state index contributed by atoms with van der Waals surface area (Å²) >= 11 is 0. The van der Waals surface area contributed by atoms with E-state index in [1.165, 1.54) is 19.1 Å². The number of carbonyl (C=O) groups excluding carboxylic acids is 5. The van der Waals surface area contributed by atoms with Gasteiger partial charge >= 0.3 is 29.8 Å². The third kappa shape index (κ3) is 9.04. The average Bonchev–Trinajstić information content (AvgIpc) is 2.90. The van der Waals surface area contributed by atoms with E-state index in [4.69, 9.17) is 33.2 Å². The first-order chi connectivity index (χ1) is 19.4. The lowest BCUT2D eigenvalue weighted by molar-refractivity contribution is -0.288. The fourth-order valence-corrected chi connectivity index (χ4v) is 4.12. The minimum absolute atomic E-state index is 0.0989. The zero-order valence-electron chi connectivity index (χ0n) is 23.3. The maximum atomic E-state index is 12.6. The maximum absolute atomic E-state index is 12.6. The highest BCUT2D eigenvalue weighted by Gasteiger charge is 2.53. The van der Waals surface area contributed by atoms with Gasteiger partial charge in [-0.15, -0.1) is 0 Å². The van der Waals surface area contributed by atoms with E-state index in [0.29, 0.717) is 5.56 Å². The lowest BCUT2D eigenvalue weighted by atomic mass is 9.98. The van der Waals surface area contributed by atoms with Gasteiger partial charge in [0, 0.05) is 27.7 Å². The number of benzene rings is 2. The zero-order valence-corrected chi connectivity index (χ0v) is 23.3. The van der Waals surface area contributed by atoms with E-state index in [0.717, 1.165) is 26.3 Å². The molecule has 1 fully saturated rings. The van der Waals surface area contributed by atoms with Gasteiger partial charge in [0.25, 0.3) is 0 Å². The summed E-state index contributed by atoms with van der Waals surface area (Å²) in [5.41, 5.74) is 1.61. The van der Waals surface area contributed by atoms with Crippen molar-refractivity contribution in [1.82, 2.24) is 0 Å². The summed E-state index contributed by atoms with van der Waals surface area (Å²) in [7, 11) is 0. The average molecular weight is 573 g/mol. The molecule has 2 aromatic carbocycles. The Morgan fingerprint density at radius 2 is 1.34 bits per heavy atom. The largest absolute Gasteiger partial charge is 0.463 e. The van der Waals surface area contributed by atoms with Crippen LogP contribution in [0.3, 0.4) is 0 Å². The first-order valence-electron chi connectivity index (χ1n) is 12.7. The molecule has 0 amide bonds. The normalized spacial score (nSPS) is 21.6. The summed E-state index contributed by atoms with van der Waals surface area (Å²) in [4.78, 5) is 60.0. The van der Waals surface area contributed by atoms with E-state index < -0.39 is 60.6 Å². The van der Waals surface area contributed by atoms with Gasteiger partial charge < -0.3 is 33.2 Å². The van der Waals surface area contributed by atoms with Gasteiger partial charge in [-0.25, -0.2) is 4.79 Å². The van der Waals surface area contributed by atoms with Gasteiger partial charge in [0.1, 0.15) is 25.1 Å². The van der Waals surface area contributed by atoms with Crippen molar-refractivity contribution in [3.8, 4) is 5.75 Å². The van der Waals surface area contributed by atoms with Crippen LogP contribution in [0, 0.1) is 6.92 Å². The topological polar surface area (TPSA) is 150 Å². The molecule has 1 aliphatic heterocycles. The highest BCUT2D eigenvalue weighted by Crippen LogP contribution is 2.32. The lowest BCUT2D eigenvalue weighted by Gasteiger charge is -2.44. The van der Waals surface area contributed by atoms with E-state index in [1.54, 1.807) is 13.0 Å². The SMILES string of the molecule is CC(=O)OC[C@H]1OC(Oc2ccc(C(=O)OCc3ccccc3)cc2C)[C@H](OC(C)=O)[C@@H](OC(C)=O)[C@H]1OC(C)=O. The van der Waals surface area contributed by atoms with Crippen LogP contribution in [0.1, 0.15) is 49.2 Å². The molecule has 0 radical (unpaired) electrons. The summed E-state index contributed by atoms with van der Waals surface area (Å²) in [5, 5.41) is 0. The Hall–Kier alpha value is -4.45. The van der Waals surface area contributed by atoms with Crippen LogP contribution in [0.25, 0.3) is 0 Å². The fraction of sp³-hybridized carbons (Fsp3) is 0.414. The zero-order chi connectivity index (χ0) is 30.1. The van der Waals surface area contributed by atoms with Crippen LogP contribution in [0.15, 0.2) is 48.5 Å². The Bertz CT molecular complexity index is 1260. The summed E-state index contributed by atoms with van der Waals surface area (Å²) in [6.45, 7) is 5.96. The third-order valence-electron chi connectivity index (χ3n) is 5.81. The molecular formula is C29H32O12. The molecule has 0 saturated carbocycles. The van der Waals surface area contributed by atoms with Crippen LogP contribution >= 0.6 is 0 Å². The number of aryl methyl sites for hydroxylation is 1. The lowest BCUT2D eigenvalue weighted by Crippen LogP contribution is -2.63. The molecule has 1 aliphatic rings. The van der Waals surface area contributed by atoms with E-state index in [-0.39, 0.29) is 24.5 Å². The molecular weight excluding hydrogens is 540 g/mol. The van der Waals surface area contributed by atoms with Crippen molar-refractivity contribution < 1.29 is 57.1 Å². The monoisotopic (exact) mass is 572 g/mol. The third-order valence-corrected chi connectivity index (χ3v) is 5.81. The number of hydrogen-bond donors (Lipinski definition) is 0. The van der Waals surface area contributed by atoms with Gasteiger partial charge in [-0.3, -0.25) is 19.2 Å². The van der Waals surface area contributed by atoms with Crippen LogP contribution in [0.4, 0.5) is 0 Å². The molecule has 0 spiro atoms. The molecule has 5 atom stereocenters. The number of hydrogen-bond acceptors (Lipinski definition) is 12. The predicted octanol–water partition coefficient (Wildman–Crippen LogP) is 2.81. The fourth-order valence-electron chi connectivity index (χ4n) is 4.12. The molecule has 41 heavy (non-hydrogen) atoms. The van der Waals surface area contributed by atoms with Crippen molar-refractivity contribution in [1.29, 1.82) is 0 Å². The van der Waals surface area contributed by atoms with Crippen molar-refractivity contribution in [2.45, 2.75) is 71.9 Å². The van der Waals surface area contributed by atoms with Crippen molar-refractivity contribution in [2.24, 2.45) is 0 Å². The molecule has 0 aliphatic carbocycles. The van der Waals surface area contributed by atoms with Crippen molar-refractivity contribution in [3.05, 3.63) is 65.2 Å². The molecule has 1 saturated heterocycles. The quantitative estimate of drug-likeness (QED) is 0.304. The molecule has 2 aromatic rings. The molecule has 1 unspecified atom stereocenters. The molecule has 3 rings (SSSR count). The first kappa shape index (κ1) is 31.1. The van der Waals surface area contributed by atoms with Gasteiger partial charge in [0.15, 0.2) is 12.2 Å². The van der Waals surface area contributed by atoms with E-state index >= 15 is 0 Å². The summed E-state index contributed by atoms with van der Waals surface area (Å²) in [5.74, 6) is -3.19. The number of carbonyl (C=O) groups is 5. The predicted molar refractivity (Wildman–Crippen MR) is 139 cm³/mol. The Kier molecular flexibility index (Phi) is 10.8. The summed E-state index contributed by atoms with van der Waals surface area (Å²) in [6.07, 6.45) is -6.61. The summed E-state index contributed by atoms with van der Waals surface area (Å²) < 4.78 is 38.6. The van der Waals surface area contributed by atoms with Crippen molar-refractivity contribution in [2.75, 3.05) is 6.61 Å². The number of ether oxygens (including phenoxy) is 7.